The van der Waals surface area contributed by atoms with E-state index >= 15 is 0 Å². The van der Waals surface area contributed by atoms with Gasteiger partial charge in [-0.2, -0.15) is 5.10 Å². The Bertz CT molecular complexity index is 1010. The van der Waals surface area contributed by atoms with Gasteiger partial charge in [-0.15, -0.1) is 0 Å². The molecular weight excluding hydrogens is 388 g/mol. The summed E-state index contributed by atoms with van der Waals surface area (Å²) >= 11 is 0. The summed E-state index contributed by atoms with van der Waals surface area (Å²) in [5.41, 5.74) is 1.34. The minimum Gasteiger partial charge on any atom is -0.486 e. The Morgan fingerprint density at radius 1 is 0.933 bits per heavy atom. The third-order valence-electron chi connectivity index (χ3n) is 4.52. The average Bonchev–Trinajstić information content (AvgIpc) is 2.76. The van der Waals surface area contributed by atoms with Gasteiger partial charge in [-0.1, -0.05) is 18.2 Å². The molecule has 0 fully saturated rings. The molecule has 0 unspecified atom stereocenters. The van der Waals surface area contributed by atoms with Gasteiger partial charge in [0.2, 0.25) is 11.8 Å². The second kappa shape index (κ2) is 8.64. The van der Waals surface area contributed by atoms with Crippen LogP contribution in [-0.2, 0) is 14.4 Å². The van der Waals surface area contributed by atoms with Gasteiger partial charge in [-0.3, -0.25) is 14.4 Å². The predicted molar refractivity (Wildman–Crippen MR) is 110 cm³/mol. The fourth-order valence-electron chi connectivity index (χ4n) is 3.07. The molecule has 0 bridgehead atoms. The van der Waals surface area contributed by atoms with Gasteiger partial charge in [0, 0.05) is 30.3 Å². The number of hydrazone groups is 1. The van der Waals surface area contributed by atoms with Gasteiger partial charge in [0.25, 0.3) is 5.91 Å². The smallest absolute Gasteiger partial charge is 0.271 e. The van der Waals surface area contributed by atoms with Crippen molar-refractivity contribution in [3.05, 3.63) is 48.5 Å². The van der Waals surface area contributed by atoms with Crippen LogP contribution in [0.5, 0.6) is 11.5 Å². The topological polar surface area (TPSA) is 109 Å². The number of hydrogen-bond acceptors (Lipinski definition) is 6. The van der Waals surface area contributed by atoms with Crippen LogP contribution in [-0.4, -0.2) is 48.2 Å². The maximum atomic E-state index is 12.4. The van der Waals surface area contributed by atoms with Crippen LogP contribution < -0.4 is 20.1 Å². The number of nitrogens with one attached hydrogen (secondary N) is 2. The summed E-state index contributed by atoms with van der Waals surface area (Å²) in [6.07, 6.45) is 0.329. The third-order valence-corrected chi connectivity index (χ3v) is 4.52. The van der Waals surface area contributed by atoms with E-state index in [0.29, 0.717) is 36.1 Å². The van der Waals surface area contributed by atoms with Crippen LogP contribution in [0.15, 0.2) is 53.6 Å². The highest BCUT2D eigenvalue weighted by Crippen LogP contribution is 2.32. The molecule has 30 heavy (non-hydrogen) atoms. The number of hydrogen-bond donors (Lipinski definition) is 2. The third kappa shape index (κ3) is 4.57. The molecule has 9 heteroatoms. The first-order chi connectivity index (χ1) is 14.6. The SMILES string of the molecule is O=C(CN1N=C(C(=O)Nc2ccccc2)CCC1=O)Nc1ccc2c(c1)OCCO2. The number of carbonyl (C=O) groups excluding carboxylic acids is 3. The van der Waals surface area contributed by atoms with Crippen LogP contribution in [0.3, 0.4) is 0 Å². The van der Waals surface area contributed by atoms with E-state index in [0.717, 1.165) is 5.01 Å². The fourth-order valence-corrected chi connectivity index (χ4v) is 3.07. The van der Waals surface area contributed by atoms with Gasteiger partial charge in [-0.25, -0.2) is 5.01 Å². The molecule has 2 N–H and O–H groups in total. The molecule has 0 aliphatic carbocycles. The molecule has 0 spiro atoms. The van der Waals surface area contributed by atoms with Crippen molar-refractivity contribution in [1.29, 1.82) is 0 Å². The zero-order valence-corrected chi connectivity index (χ0v) is 16.1. The molecule has 2 heterocycles. The van der Waals surface area contributed by atoms with Crippen molar-refractivity contribution in [2.45, 2.75) is 12.8 Å². The van der Waals surface area contributed by atoms with Gasteiger partial charge < -0.3 is 20.1 Å². The largest absolute Gasteiger partial charge is 0.486 e. The first-order valence-corrected chi connectivity index (χ1v) is 9.52. The minimum atomic E-state index is -0.437. The van der Waals surface area contributed by atoms with E-state index in [1.54, 1.807) is 42.5 Å². The number of benzene rings is 2. The molecule has 2 aromatic carbocycles. The van der Waals surface area contributed by atoms with E-state index in [2.05, 4.69) is 15.7 Å². The Labute approximate surface area is 172 Å². The van der Waals surface area contributed by atoms with E-state index in [4.69, 9.17) is 9.47 Å². The number of carbonyl (C=O) groups is 3. The lowest BCUT2D eigenvalue weighted by molar-refractivity contribution is -0.135. The van der Waals surface area contributed by atoms with E-state index in [1.807, 2.05) is 6.07 Å². The molecule has 154 valence electrons. The van der Waals surface area contributed by atoms with E-state index in [9.17, 15) is 14.4 Å². The first-order valence-electron chi connectivity index (χ1n) is 9.52. The summed E-state index contributed by atoms with van der Waals surface area (Å²) in [7, 11) is 0. The van der Waals surface area contributed by atoms with Crippen molar-refractivity contribution < 1.29 is 23.9 Å². The summed E-state index contributed by atoms with van der Waals surface area (Å²) in [6, 6.07) is 14.0. The molecule has 3 amide bonds. The summed E-state index contributed by atoms with van der Waals surface area (Å²) in [5.74, 6) is 0.0122. The van der Waals surface area contributed by atoms with Gasteiger partial charge in [0.15, 0.2) is 11.5 Å². The van der Waals surface area contributed by atoms with Crippen LogP contribution in [0.4, 0.5) is 11.4 Å². The molecule has 9 nitrogen and oxygen atoms in total. The Morgan fingerprint density at radius 2 is 1.70 bits per heavy atom. The number of para-hydroxylation sites is 1. The van der Waals surface area contributed by atoms with E-state index in [1.165, 1.54) is 0 Å². The average molecular weight is 408 g/mol. The standard InChI is InChI=1S/C21H20N4O5/c26-19(22-15-6-8-17-18(12-15)30-11-10-29-17)13-25-20(27)9-7-16(24-25)21(28)23-14-4-2-1-3-5-14/h1-6,8,12H,7,9-11,13H2,(H,22,26)(H,23,28). The fraction of sp³-hybridized carbons (Fsp3) is 0.238. The summed E-state index contributed by atoms with van der Waals surface area (Å²) in [5, 5.41) is 10.6. The van der Waals surface area contributed by atoms with Crippen molar-refractivity contribution >= 4 is 34.8 Å². The van der Waals surface area contributed by atoms with Crippen LogP contribution in [0.2, 0.25) is 0 Å². The van der Waals surface area contributed by atoms with Crippen LogP contribution in [0.25, 0.3) is 0 Å². The molecule has 2 aliphatic heterocycles. The molecule has 4 rings (SSSR count). The number of rotatable bonds is 5. The highest BCUT2D eigenvalue weighted by molar-refractivity contribution is 6.43. The second-order valence-corrected chi connectivity index (χ2v) is 6.72. The molecule has 0 saturated heterocycles. The molecular formula is C21H20N4O5. The van der Waals surface area contributed by atoms with E-state index < -0.39 is 11.8 Å². The molecule has 0 aromatic heterocycles. The zero-order chi connectivity index (χ0) is 20.9. The Balaban J connectivity index is 1.39. The maximum absolute atomic E-state index is 12.4. The van der Waals surface area contributed by atoms with Crippen molar-refractivity contribution in [3.8, 4) is 11.5 Å². The van der Waals surface area contributed by atoms with Crippen LogP contribution in [0.1, 0.15) is 12.8 Å². The van der Waals surface area contributed by atoms with Gasteiger partial charge in [0.1, 0.15) is 25.5 Å². The highest BCUT2D eigenvalue weighted by Gasteiger charge is 2.26. The Hall–Kier alpha value is -3.88. The second-order valence-electron chi connectivity index (χ2n) is 6.72. The van der Waals surface area contributed by atoms with Crippen molar-refractivity contribution in [2.75, 3.05) is 30.4 Å². The zero-order valence-electron chi connectivity index (χ0n) is 16.1. The normalized spacial score (nSPS) is 15.3. The quantitative estimate of drug-likeness (QED) is 0.787. The monoisotopic (exact) mass is 408 g/mol. The Kier molecular flexibility index (Phi) is 5.60. The minimum absolute atomic E-state index is 0.109. The predicted octanol–water partition coefficient (Wildman–Crippen LogP) is 2.01. The summed E-state index contributed by atoms with van der Waals surface area (Å²) < 4.78 is 10.9. The lowest BCUT2D eigenvalue weighted by Gasteiger charge is -2.23. The number of fused-ring (bicyclic) bond motifs is 1. The molecule has 0 saturated carbocycles. The van der Waals surface area contributed by atoms with E-state index in [-0.39, 0.29) is 31.0 Å². The van der Waals surface area contributed by atoms with Crippen molar-refractivity contribution in [1.82, 2.24) is 5.01 Å². The molecule has 2 aliphatic rings. The molecule has 0 radical (unpaired) electrons. The molecule has 0 atom stereocenters. The van der Waals surface area contributed by atoms with Crippen molar-refractivity contribution in [3.63, 3.8) is 0 Å². The first kappa shape index (κ1) is 19.4. The van der Waals surface area contributed by atoms with Gasteiger partial charge in [0.05, 0.1) is 0 Å². The molecule has 2 aromatic rings. The number of ether oxygens (including phenoxy) is 2. The van der Waals surface area contributed by atoms with Crippen molar-refractivity contribution in [2.24, 2.45) is 5.10 Å². The lowest BCUT2D eigenvalue weighted by atomic mass is 10.1. The summed E-state index contributed by atoms with van der Waals surface area (Å²) in [4.78, 5) is 37.0. The van der Waals surface area contributed by atoms with Crippen LogP contribution in [0, 0.1) is 0 Å². The van der Waals surface area contributed by atoms with Crippen LogP contribution >= 0.6 is 0 Å². The van der Waals surface area contributed by atoms with Gasteiger partial charge >= 0.3 is 0 Å². The van der Waals surface area contributed by atoms with Gasteiger partial charge in [-0.05, 0) is 24.3 Å². The lowest BCUT2D eigenvalue weighted by Crippen LogP contribution is -2.40. The summed E-state index contributed by atoms with van der Waals surface area (Å²) in [6.45, 7) is 0.624. The number of amides is 3. The number of anilines is 2. The maximum Gasteiger partial charge on any atom is 0.271 e. The number of nitrogens with zero attached hydrogens (tertiary/aromatic N) is 2. The Morgan fingerprint density at radius 3 is 2.50 bits per heavy atom. The highest BCUT2D eigenvalue weighted by atomic mass is 16.6.